The van der Waals surface area contributed by atoms with E-state index in [1.165, 1.54) is 24.9 Å². The maximum atomic E-state index is 11.8. The third-order valence-electron chi connectivity index (χ3n) is 4.04. The van der Waals surface area contributed by atoms with Crippen molar-refractivity contribution in [1.29, 1.82) is 0 Å². The van der Waals surface area contributed by atoms with Crippen LogP contribution < -0.4 is 10.2 Å². The highest BCUT2D eigenvalue weighted by Crippen LogP contribution is 2.22. The van der Waals surface area contributed by atoms with Crippen molar-refractivity contribution in [2.24, 2.45) is 5.92 Å². The van der Waals surface area contributed by atoms with Crippen LogP contribution in [0.2, 0.25) is 0 Å². The van der Waals surface area contributed by atoms with Gasteiger partial charge in [-0.1, -0.05) is 13.8 Å². The van der Waals surface area contributed by atoms with Crippen molar-refractivity contribution < 1.29 is 9.90 Å². The zero-order chi connectivity index (χ0) is 15.2. The van der Waals surface area contributed by atoms with E-state index in [0.717, 1.165) is 18.8 Å². The number of carbonyl (C=O) groups is 1. The summed E-state index contributed by atoms with van der Waals surface area (Å²) in [6.07, 6.45) is 3.39. The zero-order valence-corrected chi connectivity index (χ0v) is 13.0. The maximum absolute atomic E-state index is 11.8. The van der Waals surface area contributed by atoms with Crippen LogP contribution in [-0.4, -0.2) is 30.2 Å². The third-order valence-corrected chi connectivity index (χ3v) is 4.04. The van der Waals surface area contributed by atoms with E-state index in [0.29, 0.717) is 0 Å². The van der Waals surface area contributed by atoms with E-state index in [-0.39, 0.29) is 18.2 Å². The van der Waals surface area contributed by atoms with Gasteiger partial charge in [0.25, 0.3) is 0 Å². The molecule has 1 aromatic rings. The molecule has 1 fully saturated rings. The van der Waals surface area contributed by atoms with Gasteiger partial charge in [-0.15, -0.1) is 0 Å². The standard InChI is InChI=1S/C17H26N2O2/c1-13(2)16(20)12-17(21)18-14-6-8-15(9-7-14)19-10-4-3-5-11-19/h6-9,13,16,20H,3-5,10-12H2,1-2H3,(H,18,21). The number of piperidine rings is 1. The Morgan fingerprint density at radius 1 is 1.19 bits per heavy atom. The average Bonchev–Trinajstić information content (AvgIpc) is 2.48. The molecule has 0 spiro atoms. The number of anilines is 2. The van der Waals surface area contributed by atoms with Gasteiger partial charge in [-0.3, -0.25) is 4.79 Å². The van der Waals surface area contributed by atoms with Crippen molar-refractivity contribution in [1.82, 2.24) is 0 Å². The fourth-order valence-corrected chi connectivity index (χ4v) is 2.55. The summed E-state index contributed by atoms with van der Waals surface area (Å²) in [5.74, 6) is -0.0425. The number of hydrogen-bond donors (Lipinski definition) is 2. The molecule has 116 valence electrons. The van der Waals surface area contributed by atoms with Crippen LogP contribution in [-0.2, 0) is 4.79 Å². The molecule has 0 radical (unpaired) electrons. The van der Waals surface area contributed by atoms with Crippen molar-refractivity contribution in [3.05, 3.63) is 24.3 Å². The number of aliphatic hydroxyl groups excluding tert-OH is 1. The minimum Gasteiger partial charge on any atom is -0.392 e. The lowest BCUT2D eigenvalue weighted by molar-refractivity contribution is -0.118. The van der Waals surface area contributed by atoms with Gasteiger partial charge in [-0.25, -0.2) is 0 Å². The van der Waals surface area contributed by atoms with Gasteiger partial charge in [0.05, 0.1) is 12.5 Å². The summed E-state index contributed by atoms with van der Waals surface area (Å²) in [6.45, 7) is 6.05. The number of aliphatic hydroxyl groups is 1. The summed E-state index contributed by atoms with van der Waals surface area (Å²) in [5.41, 5.74) is 2.01. The lowest BCUT2D eigenvalue weighted by Gasteiger charge is -2.28. The normalized spacial score (nSPS) is 16.9. The summed E-state index contributed by atoms with van der Waals surface area (Å²) < 4.78 is 0. The van der Waals surface area contributed by atoms with E-state index >= 15 is 0 Å². The Bertz CT molecular complexity index is 450. The second kappa shape index (κ2) is 7.46. The molecule has 0 saturated carbocycles. The summed E-state index contributed by atoms with van der Waals surface area (Å²) in [7, 11) is 0. The van der Waals surface area contributed by atoms with Gasteiger partial charge < -0.3 is 15.3 Å². The lowest BCUT2D eigenvalue weighted by Crippen LogP contribution is -2.29. The Kier molecular flexibility index (Phi) is 5.62. The fourth-order valence-electron chi connectivity index (χ4n) is 2.55. The largest absolute Gasteiger partial charge is 0.392 e. The van der Waals surface area contributed by atoms with Crippen LogP contribution in [0.4, 0.5) is 11.4 Å². The second-order valence-electron chi connectivity index (χ2n) is 6.16. The molecule has 0 bridgehead atoms. The summed E-state index contributed by atoms with van der Waals surface area (Å²) >= 11 is 0. The van der Waals surface area contributed by atoms with Crippen molar-refractivity contribution >= 4 is 17.3 Å². The fraction of sp³-hybridized carbons (Fsp3) is 0.588. The number of benzene rings is 1. The second-order valence-corrected chi connectivity index (χ2v) is 6.16. The van der Waals surface area contributed by atoms with Crippen LogP contribution in [0.5, 0.6) is 0 Å². The monoisotopic (exact) mass is 290 g/mol. The first-order valence-corrected chi connectivity index (χ1v) is 7.89. The molecule has 0 aliphatic carbocycles. The van der Waals surface area contributed by atoms with Crippen LogP contribution >= 0.6 is 0 Å². The van der Waals surface area contributed by atoms with Crippen LogP contribution in [0.15, 0.2) is 24.3 Å². The molecule has 1 amide bonds. The topological polar surface area (TPSA) is 52.6 Å². The minimum atomic E-state index is -0.586. The summed E-state index contributed by atoms with van der Waals surface area (Å²) in [4.78, 5) is 14.2. The Morgan fingerprint density at radius 3 is 2.38 bits per heavy atom. The first kappa shape index (κ1) is 15.8. The van der Waals surface area contributed by atoms with Gasteiger partial charge in [0.2, 0.25) is 5.91 Å². The number of nitrogens with one attached hydrogen (secondary N) is 1. The lowest BCUT2D eigenvalue weighted by atomic mass is 10.0. The number of carbonyl (C=O) groups excluding carboxylic acids is 1. The van der Waals surface area contributed by atoms with Crippen molar-refractivity contribution in [3.8, 4) is 0 Å². The smallest absolute Gasteiger partial charge is 0.226 e. The molecule has 2 N–H and O–H groups in total. The highest BCUT2D eigenvalue weighted by Gasteiger charge is 2.15. The molecule has 1 unspecified atom stereocenters. The average molecular weight is 290 g/mol. The predicted molar refractivity (Wildman–Crippen MR) is 86.6 cm³/mol. The van der Waals surface area contributed by atoms with E-state index in [9.17, 15) is 9.90 Å². The molecule has 1 aromatic carbocycles. The van der Waals surface area contributed by atoms with Crippen molar-refractivity contribution in [2.45, 2.75) is 45.6 Å². The molecule has 1 aliphatic heterocycles. The third kappa shape index (κ3) is 4.74. The van der Waals surface area contributed by atoms with Gasteiger partial charge in [-0.05, 0) is 49.4 Å². The van der Waals surface area contributed by atoms with Gasteiger partial charge in [0, 0.05) is 24.5 Å². The molecule has 4 heteroatoms. The summed E-state index contributed by atoms with van der Waals surface area (Å²) in [6, 6.07) is 7.98. The number of amides is 1. The first-order chi connectivity index (χ1) is 10.1. The minimum absolute atomic E-state index is 0.0947. The Balaban J connectivity index is 1.88. The van der Waals surface area contributed by atoms with Gasteiger partial charge in [0.15, 0.2) is 0 Å². The van der Waals surface area contributed by atoms with E-state index in [4.69, 9.17) is 0 Å². The SMILES string of the molecule is CC(C)C(O)CC(=O)Nc1ccc(N2CCCCC2)cc1. The van der Waals surface area contributed by atoms with Crippen molar-refractivity contribution in [2.75, 3.05) is 23.3 Å². The van der Waals surface area contributed by atoms with Gasteiger partial charge >= 0.3 is 0 Å². The zero-order valence-electron chi connectivity index (χ0n) is 13.0. The quantitative estimate of drug-likeness (QED) is 0.876. The molecule has 1 atom stereocenters. The Morgan fingerprint density at radius 2 is 1.81 bits per heavy atom. The van der Waals surface area contributed by atoms with Crippen LogP contribution in [0.1, 0.15) is 39.5 Å². The van der Waals surface area contributed by atoms with Crippen LogP contribution in [0.25, 0.3) is 0 Å². The highest BCUT2D eigenvalue weighted by molar-refractivity contribution is 5.91. The molecular formula is C17H26N2O2. The maximum Gasteiger partial charge on any atom is 0.226 e. The molecule has 2 rings (SSSR count). The van der Waals surface area contributed by atoms with E-state index in [1.807, 2.05) is 26.0 Å². The first-order valence-electron chi connectivity index (χ1n) is 7.89. The van der Waals surface area contributed by atoms with E-state index < -0.39 is 6.10 Å². The number of nitrogens with zero attached hydrogens (tertiary/aromatic N) is 1. The van der Waals surface area contributed by atoms with E-state index in [1.54, 1.807) is 0 Å². The van der Waals surface area contributed by atoms with Gasteiger partial charge in [-0.2, -0.15) is 0 Å². The molecule has 1 heterocycles. The summed E-state index contributed by atoms with van der Waals surface area (Å²) in [5, 5.41) is 12.6. The Hall–Kier alpha value is -1.55. The molecule has 4 nitrogen and oxygen atoms in total. The highest BCUT2D eigenvalue weighted by atomic mass is 16.3. The molecule has 1 saturated heterocycles. The molecule has 21 heavy (non-hydrogen) atoms. The predicted octanol–water partition coefficient (Wildman–Crippen LogP) is 3.02. The van der Waals surface area contributed by atoms with Gasteiger partial charge in [0.1, 0.15) is 0 Å². The van der Waals surface area contributed by atoms with E-state index in [2.05, 4.69) is 22.3 Å². The molecular weight excluding hydrogens is 264 g/mol. The van der Waals surface area contributed by atoms with Crippen LogP contribution in [0.3, 0.4) is 0 Å². The van der Waals surface area contributed by atoms with Crippen LogP contribution in [0, 0.1) is 5.92 Å². The van der Waals surface area contributed by atoms with Crippen molar-refractivity contribution in [3.63, 3.8) is 0 Å². The number of hydrogen-bond acceptors (Lipinski definition) is 3. The molecule has 0 aromatic heterocycles. The molecule has 1 aliphatic rings. The number of rotatable bonds is 5. The Labute approximate surface area is 127 Å².